The Kier molecular flexibility index (Phi) is 5.01. The maximum absolute atomic E-state index is 10.3. The number of aliphatic carboxylic acids is 2. The Balaban J connectivity index is 3.97. The number of carboxylic acids is 2. The summed E-state index contributed by atoms with van der Waals surface area (Å²) < 4.78 is 0. The molecular weight excluding hydrogens is 207 g/mol. The second kappa shape index (κ2) is 5.22. The second-order valence-corrected chi connectivity index (χ2v) is 3.47. The van der Waals surface area contributed by atoms with Gasteiger partial charge in [0.05, 0.1) is 0 Å². The standard InChI is InChI=1S/C6H8Cl2O4/c7-4(8)2-1-3(5(9)10)6(11)12/h3-4H,1-2H2,(H,9,10)(H,11,12). The molecule has 0 bridgehead atoms. The highest BCUT2D eigenvalue weighted by Gasteiger charge is 2.25. The third kappa shape index (κ3) is 4.41. The number of halogens is 2. The molecule has 6 heteroatoms. The maximum Gasteiger partial charge on any atom is 0.317 e. The van der Waals surface area contributed by atoms with Gasteiger partial charge in [0.2, 0.25) is 0 Å². The minimum absolute atomic E-state index is 0.0532. The lowest BCUT2D eigenvalue weighted by Crippen LogP contribution is -2.23. The van der Waals surface area contributed by atoms with Crippen LogP contribution in [0.3, 0.4) is 0 Å². The lowest BCUT2D eigenvalue weighted by molar-refractivity contribution is -0.154. The third-order valence-electron chi connectivity index (χ3n) is 1.27. The summed E-state index contributed by atoms with van der Waals surface area (Å²) >= 11 is 10.6. The first kappa shape index (κ1) is 11.5. The molecule has 70 valence electrons. The van der Waals surface area contributed by atoms with E-state index in [4.69, 9.17) is 33.4 Å². The third-order valence-corrected chi connectivity index (χ3v) is 1.71. The minimum Gasteiger partial charge on any atom is -0.481 e. The summed E-state index contributed by atoms with van der Waals surface area (Å²) in [6.07, 6.45) is 0.106. The number of hydrogen-bond donors (Lipinski definition) is 2. The average Bonchev–Trinajstić information content (AvgIpc) is 1.84. The number of rotatable bonds is 5. The minimum atomic E-state index is -1.41. The van der Waals surface area contributed by atoms with Crippen molar-refractivity contribution in [2.75, 3.05) is 0 Å². The first-order valence-electron chi connectivity index (χ1n) is 3.19. The molecule has 2 N–H and O–H groups in total. The van der Waals surface area contributed by atoms with E-state index < -0.39 is 22.7 Å². The van der Waals surface area contributed by atoms with Crippen molar-refractivity contribution < 1.29 is 19.8 Å². The molecule has 0 radical (unpaired) electrons. The van der Waals surface area contributed by atoms with E-state index in [0.29, 0.717) is 0 Å². The van der Waals surface area contributed by atoms with Crippen molar-refractivity contribution in [2.24, 2.45) is 5.92 Å². The van der Waals surface area contributed by atoms with Gasteiger partial charge in [0.1, 0.15) is 4.84 Å². The van der Waals surface area contributed by atoms with Crippen LogP contribution in [0.2, 0.25) is 0 Å². The van der Waals surface area contributed by atoms with E-state index in [1.807, 2.05) is 0 Å². The predicted molar refractivity (Wildman–Crippen MR) is 43.5 cm³/mol. The van der Waals surface area contributed by atoms with Crippen LogP contribution in [0.15, 0.2) is 0 Å². The predicted octanol–water partition coefficient (Wildman–Crippen LogP) is 1.36. The molecule has 0 unspecified atom stereocenters. The SMILES string of the molecule is O=C(O)C(CCC(Cl)Cl)C(=O)O. The first-order valence-corrected chi connectivity index (χ1v) is 4.06. The smallest absolute Gasteiger partial charge is 0.317 e. The molecule has 0 aromatic heterocycles. The van der Waals surface area contributed by atoms with Crippen LogP contribution in [0.1, 0.15) is 12.8 Å². The van der Waals surface area contributed by atoms with E-state index >= 15 is 0 Å². The van der Waals surface area contributed by atoms with Gasteiger partial charge in [-0.2, -0.15) is 0 Å². The van der Waals surface area contributed by atoms with Gasteiger partial charge in [0.15, 0.2) is 5.92 Å². The van der Waals surface area contributed by atoms with Crippen LogP contribution in [-0.4, -0.2) is 27.0 Å². The van der Waals surface area contributed by atoms with E-state index in [2.05, 4.69) is 0 Å². The Hall–Kier alpha value is -0.480. The summed E-state index contributed by atoms with van der Waals surface area (Å²) in [4.78, 5) is 19.9. The van der Waals surface area contributed by atoms with Gasteiger partial charge in [-0.05, 0) is 12.8 Å². The molecule has 0 heterocycles. The normalized spacial score (nSPS) is 10.7. The van der Waals surface area contributed by atoms with Gasteiger partial charge in [0.25, 0.3) is 0 Å². The molecule has 0 aromatic rings. The zero-order valence-corrected chi connectivity index (χ0v) is 7.55. The average molecular weight is 215 g/mol. The molecule has 12 heavy (non-hydrogen) atoms. The Morgan fingerprint density at radius 2 is 1.50 bits per heavy atom. The molecule has 0 spiro atoms. The van der Waals surface area contributed by atoms with Crippen molar-refractivity contribution in [3.05, 3.63) is 0 Å². The monoisotopic (exact) mass is 214 g/mol. The Morgan fingerprint density at radius 1 is 1.08 bits per heavy atom. The molecule has 0 fully saturated rings. The lowest BCUT2D eigenvalue weighted by Gasteiger charge is -2.06. The Bertz CT molecular complexity index is 166. The van der Waals surface area contributed by atoms with Gasteiger partial charge < -0.3 is 10.2 Å². The van der Waals surface area contributed by atoms with Crippen molar-refractivity contribution in [1.82, 2.24) is 0 Å². The summed E-state index contributed by atoms with van der Waals surface area (Å²) in [6.45, 7) is 0. The van der Waals surface area contributed by atoms with E-state index in [-0.39, 0.29) is 12.8 Å². The van der Waals surface area contributed by atoms with Crippen molar-refractivity contribution in [2.45, 2.75) is 17.7 Å². The fourth-order valence-corrected chi connectivity index (χ4v) is 0.897. The van der Waals surface area contributed by atoms with Gasteiger partial charge in [-0.15, -0.1) is 23.2 Å². The largest absolute Gasteiger partial charge is 0.481 e. The molecule has 0 aliphatic rings. The van der Waals surface area contributed by atoms with Crippen LogP contribution in [0.5, 0.6) is 0 Å². The molecule has 0 aliphatic carbocycles. The molecule has 0 aromatic carbocycles. The first-order chi connectivity index (χ1) is 5.45. The number of carboxylic acid groups (broad SMARTS) is 2. The molecule has 0 atom stereocenters. The van der Waals surface area contributed by atoms with Gasteiger partial charge in [-0.1, -0.05) is 0 Å². The van der Waals surface area contributed by atoms with Crippen LogP contribution in [0, 0.1) is 5.92 Å². The summed E-state index contributed by atoms with van der Waals surface area (Å²) in [6, 6.07) is 0. The van der Waals surface area contributed by atoms with Crippen LogP contribution < -0.4 is 0 Å². The van der Waals surface area contributed by atoms with Crippen molar-refractivity contribution in [3.63, 3.8) is 0 Å². The Labute approximate surface area is 79.1 Å². The number of hydrogen-bond acceptors (Lipinski definition) is 2. The topological polar surface area (TPSA) is 74.6 Å². The van der Waals surface area contributed by atoms with Gasteiger partial charge >= 0.3 is 11.9 Å². The van der Waals surface area contributed by atoms with E-state index in [9.17, 15) is 9.59 Å². The van der Waals surface area contributed by atoms with Gasteiger partial charge in [-0.3, -0.25) is 9.59 Å². The molecular formula is C6H8Cl2O4. The van der Waals surface area contributed by atoms with Gasteiger partial charge in [-0.25, -0.2) is 0 Å². The van der Waals surface area contributed by atoms with E-state index in [1.165, 1.54) is 0 Å². The number of alkyl halides is 2. The summed E-state index contributed by atoms with van der Waals surface area (Å²) in [5.74, 6) is -4.14. The van der Waals surface area contributed by atoms with E-state index in [0.717, 1.165) is 0 Å². The van der Waals surface area contributed by atoms with Crippen molar-refractivity contribution >= 4 is 35.1 Å². The highest BCUT2D eigenvalue weighted by Crippen LogP contribution is 2.15. The van der Waals surface area contributed by atoms with Crippen LogP contribution in [-0.2, 0) is 9.59 Å². The summed E-state index contributed by atoms with van der Waals surface area (Å²) in [5.41, 5.74) is 0. The maximum atomic E-state index is 10.3. The van der Waals surface area contributed by atoms with E-state index in [1.54, 1.807) is 0 Å². The fraction of sp³-hybridized carbons (Fsp3) is 0.667. The molecule has 0 aliphatic heterocycles. The lowest BCUT2D eigenvalue weighted by atomic mass is 10.1. The highest BCUT2D eigenvalue weighted by atomic mass is 35.5. The molecule has 0 saturated carbocycles. The zero-order chi connectivity index (χ0) is 9.72. The van der Waals surface area contributed by atoms with Crippen molar-refractivity contribution in [3.8, 4) is 0 Å². The number of carbonyl (C=O) groups is 2. The molecule has 0 rings (SSSR count). The Morgan fingerprint density at radius 3 is 1.75 bits per heavy atom. The van der Waals surface area contributed by atoms with Gasteiger partial charge in [0, 0.05) is 0 Å². The molecule has 0 saturated heterocycles. The second-order valence-electron chi connectivity index (χ2n) is 2.20. The van der Waals surface area contributed by atoms with Crippen LogP contribution >= 0.6 is 23.2 Å². The van der Waals surface area contributed by atoms with Crippen molar-refractivity contribution in [1.29, 1.82) is 0 Å². The highest BCUT2D eigenvalue weighted by molar-refractivity contribution is 6.44. The summed E-state index contributed by atoms with van der Waals surface area (Å²) in [5, 5.41) is 16.8. The zero-order valence-electron chi connectivity index (χ0n) is 6.04. The molecule has 4 nitrogen and oxygen atoms in total. The van der Waals surface area contributed by atoms with Crippen LogP contribution in [0.25, 0.3) is 0 Å². The quantitative estimate of drug-likeness (QED) is 0.536. The fourth-order valence-electron chi connectivity index (χ4n) is 0.645. The molecule has 0 amide bonds. The van der Waals surface area contributed by atoms with Crippen LogP contribution in [0.4, 0.5) is 0 Å². The summed E-state index contributed by atoms with van der Waals surface area (Å²) in [7, 11) is 0.